The van der Waals surface area contributed by atoms with Crippen molar-refractivity contribution < 1.29 is 19.4 Å². The Morgan fingerprint density at radius 2 is 1.71 bits per heavy atom. The number of aliphatic hydroxyl groups is 1. The Morgan fingerprint density at radius 1 is 1.00 bits per heavy atom. The summed E-state index contributed by atoms with van der Waals surface area (Å²) in [7, 11) is 0. The third-order valence-electron chi connectivity index (χ3n) is 9.54. The quantitative estimate of drug-likeness (QED) is 0.528. The first kappa shape index (κ1) is 24.8. The minimum Gasteiger partial charge on any atom is -0.444 e. The lowest BCUT2D eigenvalue weighted by Crippen LogP contribution is -2.62. The number of ketones is 1. The second-order valence-electron chi connectivity index (χ2n) is 13.6. The van der Waals surface area contributed by atoms with Crippen LogP contribution in [0.1, 0.15) is 97.0 Å². The predicted octanol–water partition coefficient (Wildman–Crippen LogP) is 5.93. The zero-order valence-corrected chi connectivity index (χ0v) is 21.8. The summed E-state index contributed by atoms with van der Waals surface area (Å²) in [5, 5.41) is 13.5. The van der Waals surface area contributed by atoms with Gasteiger partial charge in [0.1, 0.15) is 11.4 Å². The molecule has 192 valence electrons. The Kier molecular flexibility index (Phi) is 6.31. The summed E-state index contributed by atoms with van der Waals surface area (Å²) in [5.41, 5.74) is 0.541. The smallest absolute Gasteiger partial charge is 0.407 e. The molecule has 4 atom stereocenters. The zero-order chi connectivity index (χ0) is 24.9. The molecule has 5 nitrogen and oxygen atoms in total. The highest BCUT2D eigenvalue weighted by Gasteiger charge is 2.65. The molecule has 5 saturated carbocycles. The average Bonchev–Trinajstić information content (AvgIpc) is 2.79. The number of aliphatic hydroxyl groups excluding tert-OH is 1. The molecule has 5 aliphatic carbocycles. The van der Waals surface area contributed by atoms with Crippen LogP contribution in [-0.2, 0) is 14.9 Å². The lowest BCUT2D eigenvalue weighted by molar-refractivity contribution is -0.167. The van der Waals surface area contributed by atoms with Crippen LogP contribution in [-0.4, -0.2) is 35.2 Å². The van der Waals surface area contributed by atoms with E-state index >= 15 is 0 Å². The van der Waals surface area contributed by atoms with Crippen molar-refractivity contribution >= 4 is 11.9 Å². The number of hydrogen-bond donors (Lipinski definition) is 2. The molecule has 2 N–H and O–H groups in total. The molecule has 0 spiro atoms. The molecule has 5 heteroatoms. The molecular weight excluding hydrogens is 438 g/mol. The van der Waals surface area contributed by atoms with E-state index in [0.717, 1.165) is 64.2 Å². The van der Waals surface area contributed by atoms with Crippen LogP contribution in [0, 0.1) is 22.7 Å². The van der Waals surface area contributed by atoms with Gasteiger partial charge in [-0.2, -0.15) is 0 Å². The van der Waals surface area contributed by atoms with Crippen molar-refractivity contribution in [3.63, 3.8) is 0 Å². The molecule has 5 fully saturated rings. The number of amides is 1. The van der Waals surface area contributed by atoms with Gasteiger partial charge in [-0.1, -0.05) is 30.3 Å². The molecule has 6 rings (SSSR count). The van der Waals surface area contributed by atoms with E-state index in [1.54, 1.807) is 0 Å². The molecule has 4 unspecified atom stereocenters. The Morgan fingerprint density at radius 3 is 2.37 bits per heavy atom. The molecule has 35 heavy (non-hydrogen) atoms. The maximum atomic E-state index is 14.0. The van der Waals surface area contributed by atoms with Crippen LogP contribution in [0.3, 0.4) is 0 Å². The molecule has 0 aliphatic heterocycles. The number of ether oxygens (including phenoxy) is 1. The summed E-state index contributed by atoms with van der Waals surface area (Å²) >= 11 is 0. The van der Waals surface area contributed by atoms with Gasteiger partial charge in [0.15, 0.2) is 0 Å². The highest BCUT2D eigenvalue weighted by atomic mass is 16.6. The molecule has 1 aromatic carbocycles. The van der Waals surface area contributed by atoms with Gasteiger partial charge < -0.3 is 15.2 Å². The minimum absolute atomic E-state index is 0.0358. The monoisotopic (exact) mass is 481 g/mol. The van der Waals surface area contributed by atoms with Crippen LogP contribution in [0.25, 0.3) is 0 Å². The average molecular weight is 482 g/mol. The second kappa shape index (κ2) is 8.90. The van der Waals surface area contributed by atoms with E-state index < -0.39 is 5.60 Å². The summed E-state index contributed by atoms with van der Waals surface area (Å²) in [6.07, 6.45) is 10.2. The Bertz CT molecular complexity index is 947. The summed E-state index contributed by atoms with van der Waals surface area (Å²) in [6, 6.07) is 10.9. The highest BCUT2D eigenvalue weighted by Crippen LogP contribution is 2.70. The fraction of sp³-hybridized carbons (Fsp3) is 0.733. The molecule has 4 bridgehead atoms. The Hall–Kier alpha value is -1.88. The maximum absolute atomic E-state index is 14.0. The third kappa shape index (κ3) is 4.90. The molecule has 0 aromatic heterocycles. The molecule has 0 radical (unpaired) electrons. The van der Waals surface area contributed by atoms with E-state index in [1.807, 2.05) is 20.8 Å². The number of carbonyl (C=O) groups is 2. The van der Waals surface area contributed by atoms with Gasteiger partial charge in [0.25, 0.3) is 0 Å². The first-order chi connectivity index (χ1) is 16.5. The summed E-state index contributed by atoms with van der Waals surface area (Å²) in [4.78, 5) is 26.2. The van der Waals surface area contributed by atoms with Gasteiger partial charge in [0.05, 0.1) is 0 Å². The lowest BCUT2D eigenvalue weighted by Gasteiger charge is -2.66. The number of Topliss-reactive ketones (excluding diaryl/α,β-unsaturated/α-hetero) is 1. The third-order valence-corrected chi connectivity index (χ3v) is 9.54. The second-order valence-corrected chi connectivity index (χ2v) is 13.6. The van der Waals surface area contributed by atoms with Crippen molar-refractivity contribution in [3.05, 3.63) is 35.9 Å². The number of carbonyl (C=O) groups excluding carboxylic acids is 2. The van der Waals surface area contributed by atoms with Gasteiger partial charge in [0, 0.05) is 24.5 Å². The van der Waals surface area contributed by atoms with E-state index in [-0.39, 0.29) is 35.0 Å². The topological polar surface area (TPSA) is 75.6 Å². The van der Waals surface area contributed by atoms with Crippen molar-refractivity contribution in [2.75, 3.05) is 6.61 Å². The normalized spacial score (nSPS) is 38.2. The van der Waals surface area contributed by atoms with Crippen molar-refractivity contribution in [3.8, 4) is 0 Å². The van der Waals surface area contributed by atoms with E-state index in [1.165, 1.54) is 5.56 Å². The van der Waals surface area contributed by atoms with Gasteiger partial charge in [-0.05, 0) is 113 Å². The van der Waals surface area contributed by atoms with Crippen LogP contribution >= 0.6 is 0 Å². The van der Waals surface area contributed by atoms with Crippen molar-refractivity contribution in [2.45, 2.75) is 108 Å². The van der Waals surface area contributed by atoms with Crippen LogP contribution < -0.4 is 5.32 Å². The van der Waals surface area contributed by atoms with E-state index in [4.69, 9.17) is 4.74 Å². The lowest BCUT2D eigenvalue weighted by atomic mass is 9.37. The van der Waals surface area contributed by atoms with E-state index in [9.17, 15) is 14.7 Å². The first-order valence-corrected chi connectivity index (χ1v) is 13.7. The standard InChI is InChI=1S/C30H43NO4/c1-27(2,3)35-26(34)31-24-11-9-21(10-12-24)13-25(33)30-16-22-14-28(18-30,20-32)17-29(15-22,19-30)23-7-5-4-6-8-23/h4-8,21-22,24,32H,9-20H2,1-3H3,(H,31,34). The Labute approximate surface area is 210 Å². The molecule has 0 saturated heterocycles. The minimum atomic E-state index is -0.491. The predicted molar refractivity (Wildman–Crippen MR) is 136 cm³/mol. The first-order valence-electron chi connectivity index (χ1n) is 13.7. The van der Waals surface area contributed by atoms with Crippen LogP contribution in [0.15, 0.2) is 30.3 Å². The number of hydrogen-bond acceptors (Lipinski definition) is 4. The largest absolute Gasteiger partial charge is 0.444 e. The van der Waals surface area contributed by atoms with E-state index in [2.05, 4.69) is 35.6 Å². The van der Waals surface area contributed by atoms with Crippen LogP contribution in [0.5, 0.6) is 0 Å². The fourth-order valence-corrected chi connectivity index (χ4v) is 8.70. The van der Waals surface area contributed by atoms with Crippen molar-refractivity contribution in [1.29, 1.82) is 0 Å². The van der Waals surface area contributed by atoms with Gasteiger partial charge in [0.2, 0.25) is 0 Å². The SMILES string of the molecule is CC(C)(C)OC(=O)NC1CCC(CC(=O)C23CC4CC(CO)(C2)CC(c2ccccc2)(C4)C3)CC1. The van der Waals surface area contributed by atoms with Crippen molar-refractivity contribution in [1.82, 2.24) is 5.32 Å². The van der Waals surface area contributed by atoms with Crippen molar-refractivity contribution in [2.24, 2.45) is 22.7 Å². The van der Waals surface area contributed by atoms with Gasteiger partial charge >= 0.3 is 6.09 Å². The molecule has 1 amide bonds. The number of nitrogens with one attached hydrogen (secondary N) is 1. The van der Waals surface area contributed by atoms with Gasteiger partial charge in [-0.15, -0.1) is 0 Å². The number of rotatable bonds is 6. The fourth-order valence-electron chi connectivity index (χ4n) is 8.70. The summed E-state index contributed by atoms with van der Waals surface area (Å²) < 4.78 is 5.41. The van der Waals surface area contributed by atoms with Crippen LogP contribution in [0.2, 0.25) is 0 Å². The molecule has 0 heterocycles. The summed E-state index contributed by atoms with van der Waals surface area (Å²) in [5.74, 6) is 1.38. The molecule has 1 aromatic rings. The van der Waals surface area contributed by atoms with Gasteiger partial charge in [-0.3, -0.25) is 4.79 Å². The number of alkyl carbamates (subject to hydrolysis) is 1. The highest BCUT2D eigenvalue weighted by molar-refractivity contribution is 5.86. The van der Waals surface area contributed by atoms with Gasteiger partial charge in [-0.25, -0.2) is 4.79 Å². The number of benzene rings is 1. The van der Waals surface area contributed by atoms with E-state index in [0.29, 0.717) is 24.0 Å². The zero-order valence-electron chi connectivity index (χ0n) is 21.8. The summed E-state index contributed by atoms with van der Waals surface area (Å²) in [6.45, 7) is 5.84. The molecular formula is C30H43NO4. The Balaban J connectivity index is 1.25. The molecule has 5 aliphatic rings. The maximum Gasteiger partial charge on any atom is 0.407 e. The van der Waals surface area contributed by atoms with Crippen LogP contribution in [0.4, 0.5) is 4.79 Å².